The van der Waals surface area contributed by atoms with Gasteiger partial charge in [0.1, 0.15) is 28.9 Å². The maximum absolute atomic E-state index is 11.6. The second-order valence-corrected chi connectivity index (χ2v) is 9.60. The summed E-state index contributed by atoms with van der Waals surface area (Å²) in [6.45, 7) is 4.59. The third-order valence-electron chi connectivity index (χ3n) is 6.37. The number of anilines is 2. The van der Waals surface area contributed by atoms with Gasteiger partial charge in [-0.2, -0.15) is 9.61 Å². The van der Waals surface area contributed by atoms with Gasteiger partial charge in [-0.05, 0) is 31.1 Å². The summed E-state index contributed by atoms with van der Waals surface area (Å²) >= 11 is 6.71. The van der Waals surface area contributed by atoms with Crippen LogP contribution in [0.3, 0.4) is 0 Å². The molecule has 4 N–H and O–H groups in total. The first-order valence-corrected chi connectivity index (χ1v) is 12.9. The maximum Gasteiger partial charge on any atom is 0.326 e. The molecule has 0 unspecified atom stereocenters. The Morgan fingerprint density at radius 1 is 1.29 bits per heavy atom. The zero-order chi connectivity index (χ0) is 26.1. The van der Waals surface area contributed by atoms with E-state index in [2.05, 4.69) is 25.3 Å². The third-order valence-corrected chi connectivity index (χ3v) is 6.76. The number of aromatic nitrogens is 5. The van der Waals surface area contributed by atoms with Crippen LogP contribution in [-0.4, -0.2) is 80.1 Å². The Kier molecular flexibility index (Phi) is 6.75. The van der Waals surface area contributed by atoms with Crippen molar-refractivity contribution in [3.05, 3.63) is 62.4 Å². The Hall–Kier alpha value is -3.87. The average Bonchev–Trinajstić information content (AvgIpc) is 3.55. The van der Waals surface area contributed by atoms with E-state index in [0.717, 1.165) is 45.7 Å². The standard InChI is InChI=1S/C25H27ClN8O4/c26-22-17(2-1-3-19(22)38-11-8-33-6-9-37-10-7-33)29-20-13-21(28-16-4-5-16)34-23(31-20)15(14-27-34)12-18-24(35)32-25(36)30-18/h1-3,12-14,16,29,35H,4-11H2,(H2,30,32,36)/b15-12-,28-21?. The highest BCUT2D eigenvalue weighted by molar-refractivity contribution is 6.34. The van der Waals surface area contributed by atoms with Crippen LogP contribution in [0.4, 0.5) is 11.5 Å². The van der Waals surface area contributed by atoms with E-state index in [1.54, 1.807) is 16.8 Å². The molecule has 6 rings (SSSR count). The molecule has 1 aliphatic carbocycles. The fourth-order valence-corrected chi connectivity index (χ4v) is 4.45. The van der Waals surface area contributed by atoms with Gasteiger partial charge in [0.25, 0.3) is 0 Å². The topological polar surface area (TPSA) is 145 Å². The van der Waals surface area contributed by atoms with Gasteiger partial charge in [0.15, 0.2) is 11.1 Å². The van der Waals surface area contributed by atoms with Crippen molar-refractivity contribution in [3.8, 4) is 11.6 Å². The fraction of sp³-hybridized carbons (Fsp3) is 0.360. The number of morpholine rings is 1. The Bertz CT molecular complexity index is 1640. The molecule has 13 heteroatoms. The monoisotopic (exact) mass is 538 g/mol. The Morgan fingerprint density at radius 2 is 2.13 bits per heavy atom. The molecule has 1 saturated heterocycles. The van der Waals surface area contributed by atoms with Crippen molar-refractivity contribution < 1.29 is 14.6 Å². The Morgan fingerprint density at radius 3 is 2.89 bits per heavy atom. The third kappa shape index (κ3) is 5.37. The molecule has 198 valence electrons. The number of imidazole rings is 1. The van der Waals surface area contributed by atoms with E-state index in [-0.39, 0.29) is 17.6 Å². The van der Waals surface area contributed by atoms with Gasteiger partial charge in [-0.15, -0.1) is 0 Å². The van der Waals surface area contributed by atoms with E-state index in [0.29, 0.717) is 45.2 Å². The molecular weight excluding hydrogens is 512 g/mol. The van der Waals surface area contributed by atoms with Crippen molar-refractivity contribution in [2.45, 2.75) is 18.9 Å². The zero-order valence-corrected chi connectivity index (χ0v) is 21.2. The lowest BCUT2D eigenvalue weighted by atomic mass is 10.3. The van der Waals surface area contributed by atoms with Crippen LogP contribution in [0.1, 0.15) is 18.5 Å². The Labute approximate surface area is 221 Å². The lowest BCUT2D eigenvalue weighted by Gasteiger charge is -2.26. The van der Waals surface area contributed by atoms with E-state index in [4.69, 9.17) is 31.1 Å². The lowest BCUT2D eigenvalue weighted by molar-refractivity contribution is 0.0322. The number of ether oxygens (including phenoxy) is 2. The lowest BCUT2D eigenvalue weighted by Crippen LogP contribution is -2.38. The van der Waals surface area contributed by atoms with Crippen molar-refractivity contribution in [1.82, 2.24) is 29.5 Å². The van der Waals surface area contributed by atoms with Crippen molar-refractivity contribution in [1.29, 1.82) is 0 Å². The van der Waals surface area contributed by atoms with Crippen molar-refractivity contribution >= 4 is 34.8 Å². The Balaban J connectivity index is 1.30. The second kappa shape index (κ2) is 10.5. The second-order valence-electron chi connectivity index (χ2n) is 9.23. The van der Waals surface area contributed by atoms with Gasteiger partial charge in [0, 0.05) is 30.9 Å². The van der Waals surface area contributed by atoms with Crippen LogP contribution in [0.25, 0.3) is 11.7 Å². The summed E-state index contributed by atoms with van der Waals surface area (Å²) in [4.78, 5) is 28.2. The van der Waals surface area contributed by atoms with E-state index in [1.165, 1.54) is 0 Å². The predicted octanol–water partition coefficient (Wildman–Crippen LogP) is 1.17. The molecule has 1 saturated carbocycles. The summed E-state index contributed by atoms with van der Waals surface area (Å²) in [5.74, 6) is 0.842. The summed E-state index contributed by atoms with van der Waals surface area (Å²) in [6, 6.07) is 7.63. The number of hydrogen-bond acceptors (Lipinski definition) is 9. The number of aromatic amines is 2. The number of halogens is 1. The van der Waals surface area contributed by atoms with Crippen molar-refractivity contribution in [2.75, 3.05) is 44.8 Å². The first-order chi connectivity index (χ1) is 18.5. The molecule has 1 aromatic carbocycles. The molecule has 0 bridgehead atoms. The van der Waals surface area contributed by atoms with Crippen LogP contribution in [-0.2, 0) is 4.74 Å². The number of hydrogen-bond donors (Lipinski definition) is 4. The summed E-state index contributed by atoms with van der Waals surface area (Å²) in [5.41, 5.74) is 1.51. The van der Waals surface area contributed by atoms with Crippen molar-refractivity contribution in [2.24, 2.45) is 4.99 Å². The number of rotatable bonds is 8. The SMILES string of the molecule is O=c1[nH]c(O)c(/C=c2/cnn3c(=NC4CC4)cc(Nc4cccc(OCCN5CCOCC5)c4Cl)nc23)[nH]1. The minimum atomic E-state index is -0.508. The van der Waals surface area contributed by atoms with Crippen LogP contribution in [0.2, 0.25) is 5.02 Å². The summed E-state index contributed by atoms with van der Waals surface area (Å²) in [6.07, 6.45) is 5.27. The highest BCUT2D eigenvalue weighted by Crippen LogP contribution is 2.33. The fourth-order valence-electron chi connectivity index (χ4n) is 4.23. The molecular formula is C25H27ClN8O4. The first-order valence-electron chi connectivity index (χ1n) is 12.5. The molecule has 12 nitrogen and oxygen atoms in total. The van der Waals surface area contributed by atoms with E-state index >= 15 is 0 Å². The molecule has 4 aromatic rings. The summed E-state index contributed by atoms with van der Waals surface area (Å²) in [7, 11) is 0. The predicted molar refractivity (Wildman–Crippen MR) is 141 cm³/mol. The maximum atomic E-state index is 11.6. The largest absolute Gasteiger partial charge is 0.493 e. The number of benzene rings is 1. The highest BCUT2D eigenvalue weighted by atomic mass is 35.5. The van der Waals surface area contributed by atoms with Gasteiger partial charge in [-0.25, -0.2) is 9.78 Å². The smallest absolute Gasteiger partial charge is 0.326 e. The van der Waals surface area contributed by atoms with Gasteiger partial charge in [-0.3, -0.25) is 14.9 Å². The number of aromatic hydroxyl groups is 1. The van der Waals surface area contributed by atoms with Crippen molar-refractivity contribution in [3.63, 3.8) is 0 Å². The molecule has 2 aliphatic rings. The van der Waals surface area contributed by atoms with Gasteiger partial charge in [0.05, 0.1) is 31.1 Å². The van der Waals surface area contributed by atoms with Crippen LogP contribution in [0.5, 0.6) is 11.6 Å². The van der Waals surface area contributed by atoms with Gasteiger partial charge in [0.2, 0.25) is 5.88 Å². The van der Waals surface area contributed by atoms with Crippen LogP contribution in [0, 0.1) is 0 Å². The van der Waals surface area contributed by atoms with Crippen LogP contribution < -0.4 is 26.4 Å². The summed E-state index contributed by atoms with van der Waals surface area (Å²) in [5, 5.41) is 18.8. The number of nitrogens with zero attached hydrogens (tertiary/aromatic N) is 5. The van der Waals surface area contributed by atoms with Gasteiger partial charge >= 0.3 is 5.69 Å². The van der Waals surface area contributed by atoms with E-state index in [1.807, 2.05) is 24.3 Å². The average molecular weight is 539 g/mol. The number of H-pyrrole nitrogens is 2. The first kappa shape index (κ1) is 24.5. The van der Waals surface area contributed by atoms with E-state index in [9.17, 15) is 9.90 Å². The molecule has 38 heavy (non-hydrogen) atoms. The molecule has 4 heterocycles. The quantitative estimate of drug-likeness (QED) is 0.261. The van der Waals surface area contributed by atoms with Crippen LogP contribution >= 0.6 is 11.6 Å². The highest BCUT2D eigenvalue weighted by Gasteiger charge is 2.20. The number of nitrogens with one attached hydrogen (secondary N) is 3. The number of fused-ring (bicyclic) bond motifs is 1. The normalized spacial score (nSPS) is 17.4. The van der Waals surface area contributed by atoms with Gasteiger partial charge < -0.3 is 24.9 Å². The molecule has 0 radical (unpaired) electrons. The molecule has 0 amide bonds. The zero-order valence-electron chi connectivity index (χ0n) is 20.5. The van der Waals surface area contributed by atoms with Gasteiger partial charge in [-0.1, -0.05) is 17.7 Å². The minimum Gasteiger partial charge on any atom is -0.493 e. The minimum absolute atomic E-state index is 0.232. The molecule has 0 spiro atoms. The molecule has 2 fully saturated rings. The van der Waals surface area contributed by atoms with Crippen LogP contribution in [0.15, 0.2) is 40.2 Å². The molecule has 0 atom stereocenters. The molecule has 3 aromatic heterocycles. The summed E-state index contributed by atoms with van der Waals surface area (Å²) < 4.78 is 13.0. The molecule has 1 aliphatic heterocycles. The van der Waals surface area contributed by atoms with E-state index < -0.39 is 5.69 Å².